The summed E-state index contributed by atoms with van der Waals surface area (Å²) in [7, 11) is 3.26. The number of urea groups is 1. The zero-order chi connectivity index (χ0) is 10.6. The zero-order valence-electron chi connectivity index (χ0n) is 8.02. The maximum absolute atomic E-state index is 10.9. The number of carbonyl (C=O) groups is 2. The summed E-state index contributed by atoms with van der Waals surface area (Å²) < 4.78 is 0. The van der Waals surface area contributed by atoms with Crippen molar-refractivity contribution in [3.8, 4) is 0 Å². The van der Waals surface area contributed by atoms with Gasteiger partial charge in [-0.25, -0.2) is 9.80 Å². The summed E-state index contributed by atoms with van der Waals surface area (Å²) in [5.41, 5.74) is 5.07. The van der Waals surface area contributed by atoms with E-state index in [2.05, 4.69) is 0 Å². The lowest BCUT2D eigenvalue weighted by molar-refractivity contribution is -0.139. The number of hydrazine groups is 1. The van der Waals surface area contributed by atoms with Crippen LogP contribution in [-0.2, 0) is 4.79 Å². The molecule has 0 fully saturated rings. The van der Waals surface area contributed by atoms with E-state index in [4.69, 9.17) is 10.8 Å². The van der Waals surface area contributed by atoms with Crippen LogP contribution in [0.1, 0.15) is 13.3 Å². The standard InChI is InChI=1S/C7H15N3O3/c1-5(4-6(11)12)10(7(8)13)9(2)3/h5H,4H2,1-3H3,(H2,8,13)(H,11,12). The molecular weight excluding hydrogens is 174 g/mol. The van der Waals surface area contributed by atoms with Crippen molar-refractivity contribution in [2.24, 2.45) is 5.73 Å². The summed E-state index contributed by atoms with van der Waals surface area (Å²) >= 11 is 0. The van der Waals surface area contributed by atoms with Crippen LogP contribution in [0.2, 0.25) is 0 Å². The molecule has 6 heteroatoms. The molecule has 0 aromatic rings. The molecule has 0 rings (SSSR count). The van der Waals surface area contributed by atoms with Crippen LogP contribution in [0.15, 0.2) is 0 Å². The second-order valence-electron chi connectivity index (χ2n) is 2.98. The molecule has 0 aromatic heterocycles. The molecule has 76 valence electrons. The average Bonchev–Trinajstić information content (AvgIpc) is 1.81. The Morgan fingerprint density at radius 2 is 1.92 bits per heavy atom. The molecule has 0 heterocycles. The minimum absolute atomic E-state index is 0.124. The molecule has 3 N–H and O–H groups in total. The quantitative estimate of drug-likeness (QED) is 0.595. The predicted octanol–water partition coefficient (Wildman–Crippen LogP) is -0.293. The van der Waals surface area contributed by atoms with Gasteiger partial charge in [-0.05, 0) is 6.92 Å². The Balaban J connectivity index is 4.37. The molecule has 0 spiro atoms. The van der Waals surface area contributed by atoms with E-state index in [9.17, 15) is 9.59 Å². The van der Waals surface area contributed by atoms with Gasteiger partial charge in [-0.3, -0.25) is 9.80 Å². The van der Waals surface area contributed by atoms with Crippen molar-refractivity contribution in [3.63, 3.8) is 0 Å². The molecule has 1 unspecified atom stereocenters. The third kappa shape index (κ3) is 3.75. The predicted molar refractivity (Wildman–Crippen MR) is 46.8 cm³/mol. The number of hydrogen-bond donors (Lipinski definition) is 2. The minimum Gasteiger partial charge on any atom is -0.481 e. The molecule has 0 bridgehead atoms. The number of carboxylic acids is 1. The SMILES string of the molecule is CC(CC(=O)O)N(C(N)=O)N(C)C. The van der Waals surface area contributed by atoms with Gasteiger partial charge in [0.05, 0.1) is 12.5 Å². The highest BCUT2D eigenvalue weighted by molar-refractivity contribution is 5.73. The number of amides is 2. The fraction of sp³-hybridized carbons (Fsp3) is 0.714. The summed E-state index contributed by atoms with van der Waals surface area (Å²) in [6, 6.07) is -1.09. The third-order valence-electron chi connectivity index (χ3n) is 1.54. The van der Waals surface area contributed by atoms with Crippen LogP contribution in [0.3, 0.4) is 0 Å². The first-order chi connectivity index (χ1) is 5.86. The Hall–Kier alpha value is -1.30. The summed E-state index contributed by atoms with van der Waals surface area (Å²) in [4.78, 5) is 21.2. The van der Waals surface area contributed by atoms with Crippen molar-refractivity contribution >= 4 is 12.0 Å². The highest BCUT2D eigenvalue weighted by atomic mass is 16.4. The Kier molecular flexibility index (Phi) is 4.19. The van der Waals surface area contributed by atoms with E-state index >= 15 is 0 Å². The monoisotopic (exact) mass is 189 g/mol. The van der Waals surface area contributed by atoms with E-state index in [1.807, 2.05) is 0 Å². The fourth-order valence-electron chi connectivity index (χ4n) is 1.15. The topological polar surface area (TPSA) is 86.9 Å². The van der Waals surface area contributed by atoms with Gasteiger partial charge in [0.15, 0.2) is 0 Å². The van der Waals surface area contributed by atoms with Gasteiger partial charge in [0, 0.05) is 14.1 Å². The van der Waals surface area contributed by atoms with Crippen molar-refractivity contribution < 1.29 is 14.7 Å². The molecule has 0 aliphatic rings. The number of carbonyl (C=O) groups excluding carboxylic acids is 1. The van der Waals surface area contributed by atoms with Crippen LogP contribution in [0.4, 0.5) is 4.79 Å². The van der Waals surface area contributed by atoms with Gasteiger partial charge >= 0.3 is 12.0 Å². The van der Waals surface area contributed by atoms with Crippen molar-refractivity contribution in [1.82, 2.24) is 10.0 Å². The molecule has 2 amide bonds. The Morgan fingerprint density at radius 1 is 1.46 bits per heavy atom. The average molecular weight is 189 g/mol. The van der Waals surface area contributed by atoms with Gasteiger partial charge in [0.25, 0.3) is 0 Å². The normalized spacial score (nSPS) is 12.6. The summed E-state index contributed by atoms with van der Waals surface area (Å²) in [5, 5.41) is 11.2. The minimum atomic E-state index is -0.958. The first-order valence-corrected chi connectivity index (χ1v) is 3.84. The number of primary amides is 1. The van der Waals surface area contributed by atoms with Crippen LogP contribution in [0.5, 0.6) is 0 Å². The number of rotatable bonds is 4. The van der Waals surface area contributed by atoms with Crippen LogP contribution in [0, 0.1) is 0 Å². The smallest absolute Gasteiger partial charge is 0.329 e. The molecule has 0 aliphatic carbocycles. The maximum Gasteiger partial charge on any atom is 0.329 e. The molecule has 6 nitrogen and oxygen atoms in total. The lowest BCUT2D eigenvalue weighted by Crippen LogP contribution is -2.50. The van der Waals surface area contributed by atoms with Gasteiger partial charge < -0.3 is 10.8 Å². The summed E-state index contributed by atoms with van der Waals surface area (Å²) in [6.07, 6.45) is -0.124. The van der Waals surface area contributed by atoms with E-state index in [1.54, 1.807) is 21.0 Å². The molecule has 1 atom stereocenters. The van der Waals surface area contributed by atoms with Crippen molar-refractivity contribution in [2.45, 2.75) is 19.4 Å². The van der Waals surface area contributed by atoms with Crippen LogP contribution < -0.4 is 5.73 Å². The first kappa shape index (κ1) is 11.7. The Morgan fingerprint density at radius 3 is 2.15 bits per heavy atom. The first-order valence-electron chi connectivity index (χ1n) is 3.84. The lowest BCUT2D eigenvalue weighted by Gasteiger charge is -2.31. The van der Waals surface area contributed by atoms with Gasteiger partial charge in [0.1, 0.15) is 0 Å². The molecule has 0 aliphatic heterocycles. The maximum atomic E-state index is 10.9. The van der Waals surface area contributed by atoms with Gasteiger partial charge in [-0.2, -0.15) is 0 Å². The highest BCUT2D eigenvalue weighted by Gasteiger charge is 2.21. The van der Waals surface area contributed by atoms with E-state index in [0.29, 0.717) is 0 Å². The van der Waals surface area contributed by atoms with E-state index < -0.39 is 18.0 Å². The van der Waals surface area contributed by atoms with Crippen molar-refractivity contribution in [1.29, 1.82) is 0 Å². The number of carboxylic acid groups (broad SMARTS) is 1. The van der Waals surface area contributed by atoms with Crippen molar-refractivity contribution in [2.75, 3.05) is 14.1 Å². The second kappa shape index (κ2) is 4.66. The number of nitrogens with two attached hydrogens (primary N) is 1. The number of hydrogen-bond acceptors (Lipinski definition) is 3. The zero-order valence-corrected chi connectivity index (χ0v) is 8.02. The second-order valence-corrected chi connectivity index (χ2v) is 2.98. The summed E-state index contributed by atoms with van der Waals surface area (Å²) in [6.45, 7) is 1.62. The van der Waals surface area contributed by atoms with Gasteiger partial charge in [-0.1, -0.05) is 0 Å². The van der Waals surface area contributed by atoms with Crippen LogP contribution in [-0.4, -0.2) is 47.3 Å². The Bertz CT molecular complexity index is 205. The van der Waals surface area contributed by atoms with E-state index in [1.165, 1.54) is 10.0 Å². The summed E-state index contributed by atoms with van der Waals surface area (Å²) in [5.74, 6) is -0.958. The van der Waals surface area contributed by atoms with E-state index in [-0.39, 0.29) is 6.42 Å². The van der Waals surface area contributed by atoms with Crippen LogP contribution >= 0.6 is 0 Å². The number of aliphatic carboxylic acids is 1. The molecule has 0 saturated heterocycles. The van der Waals surface area contributed by atoms with Crippen LogP contribution in [0.25, 0.3) is 0 Å². The fourth-order valence-corrected chi connectivity index (χ4v) is 1.15. The van der Waals surface area contributed by atoms with Crippen molar-refractivity contribution in [3.05, 3.63) is 0 Å². The molecule has 0 aromatic carbocycles. The lowest BCUT2D eigenvalue weighted by atomic mass is 10.2. The molecular formula is C7H15N3O3. The van der Waals surface area contributed by atoms with Gasteiger partial charge in [-0.15, -0.1) is 0 Å². The Labute approximate surface area is 76.9 Å². The van der Waals surface area contributed by atoms with Gasteiger partial charge in [0.2, 0.25) is 0 Å². The number of nitrogens with zero attached hydrogens (tertiary/aromatic N) is 2. The van der Waals surface area contributed by atoms with E-state index in [0.717, 1.165) is 0 Å². The molecule has 0 saturated carbocycles. The highest BCUT2D eigenvalue weighted by Crippen LogP contribution is 2.04. The molecule has 0 radical (unpaired) electrons. The third-order valence-corrected chi connectivity index (χ3v) is 1.54. The molecule has 13 heavy (non-hydrogen) atoms. The largest absolute Gasteiger partial charge is 0.481 e.